The summed E-state index contributed by atoms with van der Waals surface area (Å²) in [5.41, 5.74) is 6.86. The maximum Gasteiger partial charge on any atom is 0.123 e. The van der Waals surface area contributed by atoms with E-state index < -0.39 is 0 Å². The van der Waals surface area contributed by atoms with Crippen LogP contribution in [0.3, 0.4) is 0 Å². The zero-order valence-corrected chi connectivity index (χ0v) is 11.9. The highest BCUT2D eigenvalue weighted by Gasteiger charge is 2.28. The van der Waals surface area contributed by atoms with E-state index in [4.69, 9.17) is 5.73 Å². The SMILES string of the molecule is Nc1cccc(C[C@H]2CNC[C@H]2NC[C@@H]2CCCN2)n1. The Labute approximate surface area is 120 Å². The van der Waals surface area contributed by atoms with Crippen molar-refractivity contribution in [2.45, 2.75) is 31.3 Å². The van der Waals surface area contributed by atoms with E-state index >= 15 is 0 Å². The molecule has 0 aromatic carbocycles. The topological polar surface area (TPSA) is 75.0 Å². The second-order valence-electron chi connectivity index (χ2n) is 5.98. The number of nitrogens with zero attached hydrogens (tertiary/aromatic N) is 1. The molecule has 3 atom stereocenters. The summed E-state index contributed by atoms with van der Waals surface area (Å²) in [5.74, 6) is 1.22. The minimum absolute atomic E-state index is 0.542. The fourth-order valence-corrected chi connectivity index (χ4v) is 3.29. The Morgan fingerprint density at radius 3 is 3.10 bits per heavy atom. The van der Waals surface area contributed by atoms with Crippen molar-refractivity contribution < 1.29 is 0 Å². The van der Waals surface area contributed by atoms with Crippen LogP contribution in [0.25, 0.3) is 0 Å². The van der Waals surface area contributed by atoms with Gasteiger partial charge in [-0.3, -0.25) is 0 Å². The molecule has 2 fully saturated rings. The molecule has 0 amide bonds. The Morgan fingerprint density at radius 1 is 1.35 bits per heavy atom. The van der Waals surface area contributed by atoms with Gasteiger partial charge in [0, 0.05) is 30.9 Å². The van der Waals surface area contributed by atoms with Crippen LogP contribution in [0.15, 0.2) is 18.2 Å². The Kier molecular flexibility index (Phi) is 4.50. The summed E-state index contributed by atoms with van der Waals surface area (Å²) in [7, 11) is 0. The average Bonchev–Trinajstić information content (AvgIpc) is 3.08. The van der Waals surface area contributed by atoms with E-state index in [-0.39, 0.29) is 0 Å². The molecule has 0 spiro atoms. The Hall–Kier alpha value is -1.17. The number of anilines is 1. The lowest BCUT2D eigenvalue weighted by Gasteiger charge is -2.22. The maximum atomic E-state index is 5.76. The highest BCUT2D eigenvalue weighted by molar-refractivity contribution is 5.29. The lowest BCUT2D eigenvalue weighted by atomic mass is 9.97. The van der Waals surface area contributed by atoms with Crippen LogP contribution in [0.1, 0.15) is 18.5 Å². The van der Waals surface area contributed by atoms with Gasteiger partial charge in [-0.1, -0.05) is 6.07 Å². The second kappa shape index (κ2) is 6.52. The molecule has 3 rings (SSSR count). The maximum absolute atomic E-state index is 5.76. The van der Waals surface area contributed by atoms with Gasteiger partial charge < -0.3 is 21.7 Å². The van der Waals surface area contributed by atoms with Crippen LogP contribution in [-0.4, -0.2) is 43.2 Å². The van der Waals surface area contributed by atoms with Gasteiger partial charge >= 0.3 is 0 Å². The van der Waals surface area contributed by atoms with E-state index in [2.05, 4.69) is 27.0 Å². The number of pyridine rings is 1. The number of nitrogens with one attached hydrogen (secondary N) is 3. The quantitative estimate of drug-likeness (QED) is 0.615. The van der Waals surface area contributed by atoms with Gasteiger partial charge in [-0.15, -0.1) is 0 Å². The summed E-state index contributed by atoms with van der Waals surface area (Å²) in [6, 6.07) is 7.11. The normalized spacial score (nSPS) is 29.9. The number of nitrogen functional groups attached to an aromatic ring is 1. The molecule has 2 saturated heterocycles. The molecule has 5 heteroatoms. The minimum Gasteiger partial charge on any atom is -0.384 e. The fraction of sp³-hybridized carbons (Fsp3) is 0.667. The van der Waals surface area contributed by atoms with Gasteiger partial charge in [0.25, 0.3) is 0 Å². The first-order valence-electron chi connectivity index (χ1n) is 7.70. The molecule has 1 aromatic rings. The monoisotopic (exact) mass is 275 g/mol. The van der Waals surface area contributed by atoms with Crippen LogP contribution in [0, 0.1) is 5.92 Å². The van der Waals surface area contributed by atoms with Gasteiger partial charge in [-0.25, -0.2) is 4.98 Å². The van der Waals surface area contributed by atoms with Crippen molar-refractivity contribution in [3.63, 3.8) is 0 Å². The third-order valence-corrected chi connectivity index (χ3v) is 4.43. The van der Waals surface area contributed by atoms with Crippen LogP contribution in [0.4, 0.5) is 5.82 Å². The predicted molar refractivity (Wildman–Crippen MR) is 81.5 cm³/mol. The second-order valence-corrected chi connectivity index (χ2v) is 5.98. The standard InChI is InChI=1S/C15H25N5/c16-15-5-1-3-12(20-15)7-11-8-17-10-14(11)19-9-13-4-2-6-18-13/h1,3,5,11,13-14,17-19H,2,4,6-10H2,(H2,16,20)/t11-,13-,14+/m0/s1. The lowest BCUT2D eigenvalue weighted by molar-refractivity contribution is 0.399. The lowest BCUT2D eigenvalue weighted by Crippen LogP contribution is -2.43. The Balaban J connectivity index is 1.52. The summed E-state index contributed by atoms with van der Waals surface area (Å²) in [4.78, 5) is 4.42. The van der Waals surface area contributed by atoms with E-state index in [1.807, 2.05) is 12.1 Å². The van der Waals surface area contributed by atoms with Crippen molar-refractivity contribution >= 4 is 5.82 Å². The number of aromatic nitrogens is 1. The van der Waals surface area contributed by atoms with Crippen molar-refractivity contribution in [3.8, 4) is 0 Å². The van der Waals surface area contributed by atoms with E-state index in [1.165, 1.54) is 19.4 Å². The molecule has 0 bridgehead atoms. The van der Waals surface area contributed by atoms with Gasteiger partial charge in [0.05, 0.1) is 0 Å². The molecule has 5 N–H and O–H groups in total. The van der Waals surface area contributed by atoms with Crippen molar-refractivity contribution in [2.24, 2.45) is 5.92 Å². The average molecular weight is 275 g/mol. The van der Waals surface area contributed by atoms with E-state index in [0.717, 1.165) is 31.7 Å². The molecular weight excluding hydrogens is 250 g/mol. The van der Waals surface area contributed by atoms with Crippen LogP contribution in [0.5, 0.6) is 0 Å². The minimum atomic E-state index is 0.542. The first-order valence-corrected chi connectivity index (χ1v) is 7.70. The summed E-state index contributed by atoms with van der Waals surface area (Å²) >= 11 is 0. The molecule has 20 heavy (non-hydrogen) atoms. The Morgan fingerprint density at radius 2 is 2.30 bits per heavy atom. The van der Waals surface area contributed by atoms with Gasteiger partial charge in [-0.2, -0.15) is 0 Å². The third-order valence-electron chi connectivity index (χ3n) is 4.43. The molecule has 110 valence electrons. The predicted octanol–water partition coefficient (Wildman–Crippen LogP) is 0.136. The highest BCUT2D eigenvalue weighted by atomic mass is 15.1. The van der Waals surface area contributed by atoms with Crippen molar-refractivity contribution in [3.05, 3.63) is 23.9 Å². The number of nitrogens with two attached hydrogens (primary N) is 1. The van der Waals surface area contributed by atoms with Gasteiger partial charge in [-0.05, 0) is 50.4 Å². The summed E-state index contributed by atoms with van der Waals surface area (Å²) in [6.45, 7) is 4.37. The molecule has 0 aliphatic carbocycles. The number of hydrogen-bond acceptors (Lipinski definition) is 5. The van der Waals surface area contributed by atoms with Crippen LogP contribution < -0.4 is 21.7 Å². The molecular formula is C15H25N5. The van der Waals surface area contributed by atoms with Gasteiger partial charge in [0.2, 0.25) is 0 Å². The van der Waals surface area contributed by atoms with E-state index in [0.29, 0.717) is 23.8 Å². The summed E-state index contributed by atoms with van der Waals surface area (Å²) in [6.07, 6.45) is 3.61. The zero-order chi connectivity index (χ0) is 13.8. The molecule has 2 aliphatic rings. The molecule has 1 aromatic heterocycles. The highest BCUT2D eigenvalue weighted by Crippen LogP contribution is 2.16. The molecule has 0 unspecified atom stereocenters. The zero-order valence-electron chi connectivity index (χ0n) is 11.9. The first kappa shape index (κ1) is 13.8. The number of hydrogen-bond donors (Lipinski definition) is 4. The van der Waals surface area contributed by atoms with Crippen molar-refractivity contribution in [1.82, 2.24) is 20.9 Å². The first-order chi connectivity index (χ1) is 9.81. The molecule has 0 radical (unpaired) electrons. The van der Waals surface area contributed by atoms with Crippen LogP contribution in [0.2, 0.25) is 0 Å². The van der Waals surface area contributed by atoms with E-state index in [9.17, 15) is 0 Å². The molecule has 2 aliphatic heterocycles. The Bertz CT molecular complexity index is 430. The fourth-order valence-electron chi connectivity index (χ4n) is 3.29. The molecule has 0 saturated carbocycles. The third kappa shape index (κ3) is 3.48. The van der Waals surface area contributed by atoms with Crippen molar-refractivity contribution in [1.29, 1.82) is 0 Å². The smallest absolute Gasteiger partial charge is 0.123 e. The summed E-state index contributed by atoms with van der Waals surface area (Å²) in [5, 5.41) is 10.8. The van der Waals surface area contributed by atoms with E-state index in [1.54, 1.807) is 0 Å². The van der Waals surface area contributed by atoms with Gasteiger partial charge in [0.1, 0.15) is 5.82 Å². The number of rotatable bonds is 5. The van der Waals surface area contributed by atoms with Crippen LogP contribution in [-0.2, 0) is 6.42 Å². The molecule has 5 nitrogen and oxygen atoms in total. The molecule has 3 heterocycles. The van der Waals surface area contributed by atoms with Crippen LogP contribution >= 0.6 is 0 Å². The largest absolute Gasteiger partial charge is 0.384 e. The van der Waals surface area contributed by atoms with Gasteiger partial charge in [0.15, 0.2) is 0 Å². The summed E-state index contributed by atoms with van der Waals surface area (Å²) < 4.78 is 0. The van der Waals surface area contributed by atoms with Crippen molar-refractivity contribution in [2.75, 3.05) is 31.9 Å².